The molecule has 1 aromatic rings. The lowest BCUT2D eigenvalue weighted by atomic mass is 9.94. The van der Waals surface area contributed by atoms with Crippen LogP contribution in [-0.4, -0.2) is 41.4 Å². The van der Waals surface area contributed by atoms with Gasteiger partial charge in [0.15, 0.2) is 0 Å². The second-order valence-corrected chi connectivity index (χ2v) is 6.52. The molecule has 4 heteroatoms. The molecule has 0 bridgehead atoms. The van der Waals surface area contributed by atoms with Crippen molar-refractivity contribution in [1.29, 1.82) is 0 Å². The zero-order valence-corrected chi connectivity index (χ0v) is 13.1. The van der Waals surface area contributed by atoms with Crippen LogP contribution in [0.3, 0.4) is 0 Å². The predicted octanol–water partition coefficient (Wildman–Crippen LogP) is 3.19. The fourth-order valence-corrected chi connectivity index (χ4v) is 3.72. The van der Waals surface area contributed by atoms with Gasteiger partial charge in [-0.3, -0.25) is 9.69 Å². The van der Waals surface area contributed by atoms with Gasteiger partial charge in [0.05, 0.1) is 0 Å². The van der Waals surface area contributed by atoms with E-state index in [2.05, 4.69) is 4.90 Å². The van der Waals surface area contributed by atoms with Gasteiger partial charge < -0.3 is 4.90 Å². The standard InChI is InChI=1S/C18H25FN2O/c19-16-6-4-5-15(13-16)14-21-12-11-20(10-9-18(21)22)17-7-2-1-3-8-17/h4-6,13,17H,1-3,7-12,14H2. The highest BCUT2D eigenvalue weighted by Gasteiger charge is 2.26. The van der Waals surface area contributed by atoms with Crippen LogP contribution in [0.1, 0.15) is 44.1 Å². The van der Waals surface area contributed by atoms with Gasteiger partial charge in [-0.15, -0.1) is 0 Å². The molecule has 3 nitrogen and oxygen atoms in total. The van der Waals surface area contributed by atoms with Crippen LogP contribution in [0.5, 0.6) is 0 Å². The van der Waals surface area contributed by atoms with Crippen molar-refractivity contribution in [2.24, 2.45) is 0 Å². The van der Waals surface area contributed by atoms with Crippen LogP contribution in [0.15, 0.2) is 24.3 Å². The van der Waals surface area contributed by atoms with Crippen molar-refractivity contribution in [2.75, 3.05) is 19.6 Å². The minimum absolute atomic E-state index is 0.197. The average Bonchev–Trinajstić information content (AvgIpc) is 2.71. The largest absolute Gasteiger partial charge is 0.337 e. The lowest BCUT2D eigenvalue weighted by molar-refractivity contribution is -0.130. The van der Waals surface area contributed by atoms with E-state index in [1.807, 2.05) is 11.0 Å². The number of carbonyl (C=O) groups is 1. The predicted molar refractivity (Wildman–Crippen MR) is 84.9 cm³/mol. The van der Waals surface area contributed by atoms with Crippen LogP contribution < -0.4 is 0 Å². The molecule has 1 aliphatic heterocycles. The van der Waals surface area contributed by atoms with Crippen molar-refractivity contribution in [2.45, 2.75) is 51.1 Å². The number of nitrogens with zero attached hydrogens (tertiary/aromatic N) is 2. The molecule has 0 spiro atoms. The van der Waals surface area contributed by atoms with Gasteiger partial charge >= 0.3 is 0 Å². The van der Waals surface area contributed by atoms with Gasteiger partial charge in [0, 0.05) is 38.6 Å². The van der Waals surface area contributed by atoms with Gasteiger partial charge in [0.1, 0.15) is 5.82 Å². The van der Waals surface area contributed by atoms with E-state index >= 15 is 0 Å². The second kappa shape index (κ2) is 7.23. The summed E-state index contributed by atoms with van der Waals surface area (Å²) in [5.41, 5.74) is 0.875. The Balaban J connectivity index is 1.60. The fourth-order valence-electron chi connectivity index (χ4n) is 3.72. The Morgan fingerprint density at radius 3 is 2.68 bits per heavy atom. The van der Waals surface area contributed by atoms with E-state index in [0.29, 0.717) is 19.0 Å². The summed E-state index contributed by atoms with van der Waals surface area (Å²) in [7, 11) is 0. The zero-order valence-electron chi connectivity index (χ0n) is 13.1. The van der Waals surface area contributed by atoms with Gasteiger partial charge in [-0.05, 0) is 30.5 Å². The highest BCUT2D eigenvalue weighted by molar-refractivity contribution is 5.76. The molecule has 0 N–H and O–H groups in total. The quantitative estimate of drug-likeness (QED) is 0.856. The van der Waals surface area contributed by atoms with E-state index in [9.17, 15) is 9.18 Å². The lowest BCUT2D eigenvalue weighted by Crippen LogP contribution is -2.39. The van der Waals surface area contributed by atoms with E-state index in [4.69, 9.17) is 0 Å². The Kier molecular flexibility index (Phi) is 5.08. The smallest absolute Gasteiger partial charge is 0.224 e. The second-order valence-electron chi connectivity index (χ2n) is 6.52. The summed E-state index contributed by atoms with van der Waals surface area (Å²) in [6.45, 7) is 3.11. The normalized spacial score (nSPS) is 21.9. The molecule has 1 aliphatic carbocycles. The molecule has 1 saturated carbocycles. The van der Waals surface area contributed by atoms with Crippen molar-refractivity contribution in [3.63, 3.8) is 0 Å². The molecule has 1 heterocycles. The third-order valence-electron chi connectivity index (χ3n) is 4.98. The molecular formula is C18H25FN2O. The molecule has 3 rings (SSSR count). The monoisotopic (exact) mass is 304 g/mol. The first kappa shape index (κ1) is 15.5. The van der Waals surface area contributed by atoms with E-state index in [-0.39, 0.29) is 11.7 Å². The topological polar surface area (TPSA) is 23.6 Å². The van der Waals surface area contributed by atoms with Gasteiger partial charge in [-0.25, -0.2) is 4.39 Å². The zero-order chi connectivity index (χ0) is 15.4. The van der Waals surface area contributed by atoms with Crippen LogP contribution in [0.25, 0.3) is 0 Å². The number of rotatable bonds is 3. The van der Waals surface area contributed by atoms with Crippen LogP contribution in [-0.2, 0) is 11.3 Å². The molecule has 1 amide bonds. The molecule has 0 radical (unpaired) electrons. The summed E-state index contributed by atoms with van der Waals surface area (Å²) < 4.78 is 13.3. The highest BCUT2D eigenvalue weighted by Crippen LogP contribution is 2.24. The van der Waals surface area contributed by atoms with Crippen LogP contribution >= 0.6 is 0 Å². The van der Waals surface area contributed by atoms with Gasteiger partial charge in [0.2, 0.25) is 5.91 Å². The summed E-state index contributed by atoms with van der Waals surface area (Å²) in [5.74, 6) is -0.0360. The first-order valence-corrected chi connectivity index (χ1v) is 8.48. The van der Waals surface area contributed by atoms with E-state index < -0.39 is 0 Å². The molecule has 0 aromatic heterocycles. The Morgan fingerprint density at radius 2 is 1.91 bits per heavy atom. The van der Waals surface area contributed by atoms with Gasteiger partial charge in [0.25, 0.3) is 0 Å². The van der Waals surface area contributed by atoms with Crippen LogP contribution in [0, 0.1) is 5.82 Å². The summed E-state index contributed by atoms with van der Waals surface area (Å²) in [6.07, 6.45) is 7.14. The highest BCUT2D eigenvalue weighted by atomic mass is 19.1. The number of benzene rings is 1. The Labute approximate surface area is 132 Å². The summed E-state index contributed by atoms with van der Waals surface area (Å²) in [5, 5.41) is 0. The maximum atomic E-state index is 13.3. The number of amides is 1. The molecule has 120 valence electrons. The van der Waals surface area contributed by atoms with Gasteiger partial charge in [-0.1, -0.05) is 31.4 Å². The SMILES string of the molecule is O=C1CCN(C2CCCCC2)CCN1Cc1cccc(F)c1. The first-order chi connectivity index (χ1) is 10.7. The summed E-state index contributed by atoms with van der Waals surface area (Å²) in [6, 6.07) is 7.23. The van der Waals surface area contributed by atoms with Crippen molar-refractivity contribution in [3.8, 4) is 0 Å². The lowest BCUT2D eigenvalue weighted by Gasteiger charge is -2.33. The van der Waals surface area contributed by atoms with Crippen molar-refractivity contribution in [3.05, 3.63) is 35.6 Å². The number of carbonyl (C=O) groups excluding carboxylic acids is 1. The Morgan fingerprint density at radius 1 is 1.09 bits per heavy atom. The maximum absolute atomic E-state index is 13.3. The minimum atomic E-state index is -0.233. The molecule has 2 aliphatic rings. The van der Waals surface area contributed by atoms with Crippen molar-refractivity contribution >= 4 is 5.91 Å². The van der Waals surface area contributed by atoms with Crippen molar-refractivity contribution < 1.29 is 9.18 Å². The summed E-state index contributed by atoms with van der Waals surface area (Å²) in [4.78, 5) is 16.7. The van der Waals surface area contributed by atoms with Gasteiger partial charge in [-0.2, -0.15) is 0 Å². The van der Waals surface area contributed by atoms with E-state index in [0.717, 1.165) is 25.2 Å². The fraction of sp³-hybridized carbons (Fsp3) is 0.611. The Bertz CT molecular complexity index is 514. The molecule has 0 atom stereocenters. The molecule has 2 fully saturated rings. The molecule has 22 heavy (non-hydrogen) atoms. The average molecular weight is 304 g/mol. The van der Waals surface area contributed by atoms with Crippen LogP contribution in [0.4, 0.5) is 4.39 Å². The maximum Gasteiger partial charge on any atom is 0.224 e. The first-order valence-electron chi connectivity index (χ1n) is 8.48. The van der Waals surface area contributed by atoms with Crippen LogP contribution in [0.2, 0.25) is 0 Å². The Hall–Kier alpha value is -1.42. The molecule has 1 aromatic carbocycles. The van der Waals surface area contributed by atoms with Crippen molar-refractivity contribution in [1.82, 2.24) is 9.80 Å². The van der Waals surface area contributed by atoms with E-state index in [1.54, 1.807) is 6.07 Å². The molecular weight excluding hydrogens is 279 g/mol. The van der Waals surface area contributed by atoms with E-state index in [1.165, 1.54) is 44.2 Å². The number of hydrogen-bond donors (Lipinski definition) is 0. The molecule has 1 saturated heterocycles. The number of hydrogen-bond acceptors (Lipinski definition) is 2. The third kappa shape index (κ3) is 3.86. The minimum Gasteiger partial charge on any atom is -0.337 e. The number of halogens is 1. The third-order valence-corrected chi connectivity index (χ3v) is 4.98. The molecule has 0 unspecified atom stereocenters. The summed E-state index contributed by atoms with van der Waals surface area (Å²) >= 11 is 0.